The van der Waals surface area contributed by atoms with Gasteiger partial charge in [-0.25, -0.2) is 0 Å². The van der Waals surface area contributed by atoms with Gasteiger partial charge < -0.3 is 10.1 Å². The molecular formula is C15H23NO. The Morgan fingerprint density at radius 1 is 1.35 bits per heavy atom. The Kier molecular flexibility index (Phi) is 5.95. The average molecular weight is 233 g/mol. The van der Waals surface area contributed by atoms with Crippen LogP contribution in [0, 0.1) is 0 Å². The van der Waals surface area contributed by atoms with Crippen molar-refractivity contribution in [1.82, 2.24) is 5.32 Å². The monoisotopic (exact) mass is 233 g/mol. The maximum Gasteiger partial charge on any atom is 0.101 e. The van der Waals surface area contributed by atoms with E-state index >= 15 is 0 Å². The van der Waals surface area contributed by atoms with E-state index in [-0.39, 0.29) is 12.1 Å². The third-order valence-electron chi connectivity index (χ3n) is 2.83. The molecule has 0 saturated carbocycles. The summed E-state index contributed by atoms with van der Waals surface area (Å²) in [6.07, 6.45) is 1.13. The molecule has 0 aliphatic carbocycles. The Balaban J connectivity index is 2.85. The predicted octanol–water partition coefficient (Wildman–Crippen LogP) is 3.32. The molecule has 0 radical (unpaired) electrons. The van der Waals surface area contributed by atoms with Crippen LogP contribution in [-0.4, -0.2) is 19.7 Å². The lowest BCUT2D eigenvalue weighted by Gasteiger charge is -2.28. The maximum atomic E-state index is 5.63. The fourth-order valence-corrected chi connectivity index (χ4v) is 1.95. The second kappa shape index (κ2) is 7.25. The molecule has 0 aromatic heterocycles. The van der Waals surface area contributed by atoms with Gasteiger partial charge >= 0.3 is 0 Å². The molecule has 1 rings (SSSR count). The highest BCUT2D eigenvalue weighted by atomic mass is 16.5. The van der Waals surface area contributed by atoms with Crippen LogP contribution in [0.3, 0.4) is 0 Å². The van der Waals surface area contributed by atoms with Crippen LogP contribution in [0.15, 0.2) is 42.5 Å². The van der Waals surface area contributed by atoms with Crippen LogP contribution in [0.25, 0.3) is 0 Å². The Labute approximate surface area is 105 Å². The minimum absolute atomic E-state index is 0.0280. The molecule has 0 aliphatic heterocycles. The van der Waals surface area contributed by atoms with Crippen molar-refractivity contribution in [2.75, 3.05) is 13.7 Å². The highest BCUT2D eigenvalue weighted by Gasteiger charge is 2.22. The van der Waals surface area contributed by atoms with Crippen LogP contribution in [0.2, 0.25) is 0 Å². The molecule has 0 spiro atoms. The zero-order valence-corrected chi connectivity index (χ0v) is 11.1. The van der Waals surface area contributed by atoms with Gasteiger partial charge in [0.2, 0.25) is 0 Å². The van der Waals surface area contributed by atoms with Crippen LogP contribution in [0.4, 0.5) is 0 Å². The van der Waals surface area contributed by atoms with Gasteiger partial charge in [-0.15, -0.1) is 0 Å². The fourth-order valence-electron chi connectivity index (χ4n) is 1.95. The summed E-state index contributed by atoms with van der Waals surface area (Å²) in [7, 11) is 1.75. The van der Waals surface area contributed by atoms with Crippen molar-refractivity contribution in [3.63, 3.8) is 0 Å². The molecule has 0 heterocycles. The second-order valence-electron chi connectivity index (χ2n) is 4.35. The zero-order chi connectivity index (χ0) is 12.7. The van der Waals surface area contributed by atoms with E-state index in [0.29, 0.717) is 0 Å². The van der Waals surface area contributed by atoms with Crippen molar-refractivity contribution in [1.29, 1.82) is 0 Å². The van der Waals surface area contributed by atoms with Gasteiger partial charge in [0.25, 0.3) is 0 Å². The van der Waals surface area contributed by atoms with Gasteiger partial charge in [-0.1, -0.05) is 49.4 Å². The van der Waals surface area contributed by atoms with Crippen LogP contribution in [0.5, 0.6) is 0 Å². The molecule has 0 fully saturated rings. The first-order valence-corrected chi connectivity index (χ1v) is 6.17. The summed E-state index contributed by atoms with van der Waals surface area (Å²) in [6.45, 7) is 9.24. The first kappa shape index (κ1) is 13.9. The summed E-state index contributed by atoms with van der Waals surface area (Å²) in [4.78, 5) is 0. The summed E-state index contributed by atoms with van der Waals surface area (Å²) in [5, 5.41) is 3.49. The third-order valence-corrected chi connectivity index (χ3v) is 2.83. The molecule has 0 aliphatic rings. The van der Waals surface area contributed by atoms with Crippen molar-refractivity contribution in [2.45, 2.75) is 32.4 Å². The first-order chi connectivity index (χ1) is 8.20. The number of rotatable bonds is 7. The highest BCUT2D eigenvalue weighted by molar-refractivity contribution is 5.23. The van der Waals surface area contributed by atoms with E-state index in [1.54, 1.807) is 7.11 Å². The molecule has 2 heteroatoms. The summed E-state index contributed by atoms with van der Waals surface area (Å²) >= 11 is 0. The van der Waals surface area contributed by atoms with Gasteiger partial charge in [0.15, 0.2) is 0 Å². The lowest BCUT2D eigenvalue weighted by Crippen LogP contribution is -2.37. The molecule has 0 saturated heterocycles. The number of ether oxygens (including phenoxy) is 1. The molecule has 17 heavy (non-hydrogen) atoms. The summed E-state index contributed by atoms with van der Waals surface area (Å²) < 4.78 is 5.63. The van der Waals surface area contributed by atoms with Crippen molar-refractivity contribution in [3.05, 3.63) is 48.0 Å². The smallest absolute Gasteiger partial charge is 0.101 e. The molecule has 2 atom stereocenters. The first-order valence-electron chi connectivity index (χ1n) is 6.17. The number of hydrogen-bond donors (Lipinski definition) is 1. The number of hydrogen-bond acceptors (Lipinski definition) is 2. The summed E-state index contributed by atoms with van der Waals surface area (Å²) in [5.74, 6) is 0. The van der Waals surface area contributed by atoms with Gasteiger partial charge in [-0.3, -0.25) is 0 Å². The fraction of sp³-hybridized carbons (Fsp3) is 0.467. The Bertz CT molecular complexity index is 334. The van der Waals surface area contributed by atoms with E-state index in [1.165, 1.54) is 5.56 Å². The molecule has 1 aromatic carbocycles. The van der Waals surface area contributed by atoms with Gasteiger partial charge in [0.1, 0.15) is 6.10 Å². The van der Waals surface area contributed by atoms with Crippen LogP contribution >= 0.6 is 0 Å². The third kappa shape index (κ3) is 3.99. The molecular weight excluding hydrogens is 210 g/mol. The Morgan fingerprint density at radius 3 is 2.47 bits per heavy atom. The standard InChI is InChI=1S/C15H23NO/c1-5-11-16-14(12(2)3)15(17-4)13-9-7-6-8-10-13/h6-10,14-16H,2,5,11H2,1,3-4H3. The zero-order valence-electron chi connectivity index (χ0n) is 11.1. The normalized spacial score (nSPS) is 14.3. The van der Waals surface area contributed by atoms with Crippen molar-refractivity contribution in [3.8, 4) is 0 Å². The lowest BCUT2D eigenvalue weighted by atomic mass is 9.97. The predicted molar refractivity (Wildman–Crippen MR) is 73.1 cm³/mol. The van der Waals surface area contributed by atoms with Crippen LogP contribution < -0.4 is 5.32 Å². The molecule has 0 amide bonds. The van der Waals surface area contributed by atoms with Crippen molar-refractivity contribution in [2.24, 2.45) is 0 Å². The van der Waals surface area contributed by atoms with Gasteiger partial charge in [-0.2, -0.15) is 0 Å². The number of benzene rings is 1. The SMILES string of the molecule is C=C(C)C(NCCC)C(OC)c1ccccc1. The van der Waals surface area contributed by atoms with Crippen LogP contribution in [-0.2, 0) is 4.74 Å². The van der Waals surface area contributed by atoms with Crippen LogP contribution in [0.1, 0.15) is 31.9 Å². The molecule has 2 nitrogen and oxygen atoms in total. The topological polar surface area (TPSA) is 21.3 Å². The lowest BCUT2D eigenvalue weighted by molar-refractivity contribution is 0.0788. The molecule has 2 unspecified atom stereocenters. The second-order valence-corrected chi connectivity index (χ2v) is 4.35. The molecule has 94 valence electrons. The van der Waals surface area contributed by atoms with Gasteiger partial charge in [0, 0.05) is 7.11 Å². The van der Waals surface area contributed by atoms with Crippen molar-refractivity contribution >= 4 is 0 Å². The molecule has 0 bridgehead atoms. The molecule has 1 aromatic rings. The van der Waals surface area contributed by atoms with E-state index in [9.17, 15) is 0 Å². The van der Waals surface area contributed by atoms with Crippen molar-refractivity contribution < 1.29 is 4.74 Å². The van der Waals surface area contributed by atoms with E-state index in [2.05, 4.69) is 31.0 Å². The largest absolute Gasteiger partial charge is 0.375 e. The molecule has 1 N–H and O–H groups in total. The highest BCUT2D eigenvalue weighted by Crippen LogP contribution is 2.24. The Hall–Kier alpha value is -1.12. The average Bonchev–Trinajstić information content (AvgIpc) is 2.35. The quantitative estimate of drug-likeness (QED) is 0.729. The van der Waals surface area contributed by atoms with E-state index in [4.69, 9.17) is 4.74 Å². The van der Waals surface area contributed by atoms with E-state index in [1.807, 2.05) is 25.1 Å². The Morgan fingerprint density at radius 2 is 2.00 bits per heavy atom. The minimum Gasteiger partial charge on any atom is -0.375 e. The number of methoxy groups -OCH3 is 1. The van der Waals surface area contributed by atoms with E-state index < -0.39 is 0 Å². The van der Waals surface area contributed by atoms with E-state index in [0.717, 1.165) is 18.5 Å². The van der Waals surface area contributed by atoms with Gasteiger partial charge in [0.05, 0.1) is 6.04 Å². The summed E-state index contributed by atoms with van der Waals surface area (Å²) in [6, 6.07) is 10.5. The minimum atomic E-state index is 0.0280. The maximum absolute atomic E-state index is 5.63. The summed E-state index contributed by atoms with van der Waals surface area (Å²) in [5.41, 5.74) is 2.29. The van der Waals surface area contributed by atoms with Gasteiger partial charge in [-0.05, 0) is 25.5 Å². The number of nitrogens with one attached hydrogen (secondary N) is 1.